The van der Waals surface area contributed by atoms with Gasteiger partial charge in [0.15, 0.2) is 0 Å². The fraction of sp³-hybridized carbons (Fsp3) is 0.583. The quantitative estimate of drug-likeness (QED) is 0.791. The molecular formula is C12H18N2O. The number of methoxy groups -OCH3 is 1. The van der Waals surface area contributed by atoms with Gasteiger partial charge in [-0.05, 0) is 30.9 Å². The minimum Gasteiger partial charge on any atom is -0.380 e. The van der Waals surface area contributed by atoms with Gasteiger partial charge >= 0.3 is 0 Å². The van der Waals surface area contributed by atoms with Crippen LogP contribution in [-0.2, 0) is 11.2 Å². The summed E-state index contributed by atoms with van der Waals surface area (Å²) in [5, 5.41) is 0. The zero-order chi connectivity index (χ0) is 10.7. The first-order valence-electron chi connectivity index (χ1n) is 5.49. The summed E-state index contributed by atoms with van der Waals surface area (Å²) < 4.78 is 5.46. The highest BCUT2D eigenvalue weighted by atomic mass is 16.5. The monoisotopic (exact) mass is 206 g/mol. The predicted octanol–water partition coefficient (Wildman–Crippen LogP) is 1.38. The summed E-state index contributed by atoms with van der Waals surface area (Å²) in [6, 6.07) is 5.99. The Labute approximate surface area is 90.7 Å². The van der Waals surface area contributed by atoms with Crippen molar-refractivity contribution in [3.63, 3.8) is 0 Å². The third-order valence-corrected chi connectivity index (χ3v) is 2.95. The molecule has 1 heterocycles. The van der Waals surface area contributed by atoms with E-state index in [-0.39, 0.29) is 12.1 Å². The number of aromatic nitrogens is 1. The van der Waals surface area contributed by atoms with E-state index in [1.807, 2.05) is 18.2 Å². The number of pyridine rings is 1. The lowest BCUT2D eigenvalue weighted by Gasteiger charge is -2.21. The van der Waals surface area contributed by atoms with Crippen molar-refractivity contribution < 1.29 is 4.74 Å². The molecule has 0 saturated heterocycles. The molecule has 15 heavy (non-hydrogen) atoms. The lowest BCUT2D eigenvalue weighted by molar-refractivity contribution is 0.0624. The Morgan fingerprint density at radius 3 is 2.87 bits per heavy atom. The van der Waals surface area contributed by atoms with Gasteiger partial charge in [-0.2, -0.15) is 0 Å². The van der Waals surface area contributed by atoms with Crippen molar-refractivity contribution in [2.75, 3.05) is 7.11 Å². The molecule has 1 aliphatic carbocycles. The summed E-state index contributed by atoms with van der Waals surface area (Å²) in [5.41, 5.74) is 7.19. The van der Waals surface area contributed by atoms with Gasteiger partial charge in [0.1, 0.15) is 0 Å². The molecule has 2 rings (SSSR count). The number of nitrogens with zero attached hydrogens (tertiary/aromatic N) is 1. The molecule has 0 radical (unpaired) electrons. The third-order valence-electron chi connectivity index (χ3n) is 2.95. The van der Waals surface area contributed by atoms with Crippen molar-refractivity contribution in [1.82, 2.24) is 4.98 Å². The van der Waals surface area contributed by atoms with Crippen LogP contribution < -0.4 is 5.73 Å². The number of hydrogen-bond donors (Lipinski definition) is 1. The van der Waals surface area contributed by atoms with Crippen LogP contribution in [0.5, 0.6) is 0 Å². The number of ether oxygens (including phenoxy) is 1. The molecule has 0 amide bonds. The van der Waals surface area contributed by atoms with E-state index >= 15 is 0 Å². The molecule has 1 aromatic heterocycles. The van der Waals surface area contributed by atoms with Gasteiger partial charge in [-0.1, -0.05) is 6.07 Å². The van der Waals surface area contributed by atoms with Crippen LogP contribution in [0.2, 0.25) is 0 Å². The van der Waals surface area contributed by atoms with Gasteiger partial charge in [-0.25, -0.2) is 0 Å². The molecule has 1 fully saturated rings. The normalized spacial score (nSPS) is 19.9. The fourth-order valence-corrected chi connectivity index (χ4v) is 2.02. The first kappa shape index (κ1) is 10.6. The minimum absolute atomic E-state index is 0.0670. The Bertz CT molecular complexity index is 298. The lowest BCUT2D eigenvalue weighted by Crippen LogP contribution is -2.39. The summed E-state index contributed by atoms with van der Waals surface area (Å²) in [6.45, 7) is 0. The molecule has 2 N–H and O–H groups in total. The summed E-state index contributed by atoms with van der Waals surface area (Å²) >= 11 is 0. The van der Waals surface area contributed by atoms with E-state index in [1.54, 1.807) is 13.3 Å². The molecule has 3 nitrogen and oxygen atoms in total. The highest BCUT2D eigenvalue weighted by Crippen LogP contribution is 2.35. The van der Waals surface area contributed by atoms with Gasteiger partial charge in [-0.3, -0.25) is 4.98 Å². The first-order valence-corrected chi connectivity index (χ1v) is 5.49. The maximum atomic E-state index is 6.14. The fourth-order valence-electron chi connectivity index (χ4n) is 2.02. The van der Waals surface area contributed by atoms with Crippen molar-refractivity contribution in [3.05, 3.63) is 30.1 Å². The summed E-state index contributed by atoms with van der Waals surface area (Å²) in [7, 11) is 1.75. The molecule has 82 valence electrons. The number of hydrogen-bond acceptors (Lipinski definition) is 3. The smallest absolute Gasteiger partial charge is 0.0754 e. The molecule has 1 saturated carbocycles. The number of nitrogens with two attached hydrogens (primary N) is 1. The Balaban J connectivity index is 1.93. The van der Waals surface area contributed by atoms with Crippen LogP contribution in [0.25, 0.3) is 0 Å². The molecule has 2 unspecified atom stereocenters. The predicted molar refractivity (Wildman–Crippen MR) is 59.4 cm³/mol. The van der Waals surface area contributed by atoms with Crippen LogP contribution in [0.1, 0.15) is 18.5 Å². The van der Waals surface area contributed by atoms with Gasteiger partial charge < -0.3 is 10.5 Å². The maximum Gasteiger partial charge on any atom is 0.0754 e. The van der Waals surface area contributed by atoms with E-state index < -0.39 is 0 Å². The van der Waals surface area contributed by atoms with E-state index in [0.29, 0.717) is 5.92 Å². The van der Waals surface area contributed by atoms with Gasteiger partial charge in [-0.15, -0.1) is 0 Å². The zero-order valence-corrected chi connectivity index (χ0v) is 9.10. The largest absolute Gasteiger partial charge is 0.380 e. The Kier molecular flexibility index (Phi) is 3.34. The lowest BCUT2D eigenvalue weighted by atomic mass is 10.0. The van der Waals surface area contributed by atoms with E-state index in [4.69, 9.17) is 10.5 Å². The first-order chi connectivity index (χ1) is 7.31. The van der Waals surface area contributed by atoms with E-state index in [9.17, 15) is 0 Å². The van der Waals surface area contributed by atoms with Crippen molar-refractivity contribution in [1.29, 1.82) is 0 Å². The van der Waals surface area contributed by atoms with Crippen molar-refractivity contribution >= 4 is 0 Å². The highest BCUT2D eigenvalue weighted by Gasteiger charge is 2.35. The number of rotatable bonds is 5. The average Bonchev–Trinajstić information content (AvgIpc) is 3.04. The second-order valence-corrected chi connectivity index (χ2v) is 4.23. The van der Waals surface area contributed by atoms with E-state index in [0.717, 1.165) is 12.1 Å². The van der Waals surface area contributed by atoms with E-state index in [2.05, 4.69) is 4.98 Å². The van der Waals surface area contributed by atoms with Crippen LogP contribution in [0, 0.1) is 5.92 Å². The molecule has 1 aliphatic rings. The Morgan fingerprint density at radius 2 is 2.33 bits per heavy atom. The molecular weight excluding hydrogens is 188 g/mol. The van der Waals surface area contributed by atoms with Crippen LogP contribution in [0.3, 0.4) is 0 Å². The summed E-state index contributed by atoms with van der Waals surface area (Å²) in [5.74, 6) is 0.675. The Hall–Kier alpha value is -0.930. The summed E-state index contributed by atoms with van der Waals surface area (Å²) in [6.07, 6.45) is 5.33. The van der Waals surface area contributed by atoms with Crippen LogP contribution in [0.15, 0.2) is 24.4 Å². The van der Waals surface area contributed by atoms with Crippen molar-refractivity contribution in [2.24, 2.45) is 11.7 Å². The maximum absolute atomic E-state index is 6.14. The van der Waals surface area contributed by atoms with Crippen LogP contribution in [0.4, 0.5) is 0 Å². The third kappa shape index (κ3) is 2.76. The van der Waals surface area contributed by atoms with Crippen molar-refractivity contribution in [3.8, 4) is 0 Å². The zero-order valence-electron chi connectivity index (χ0n) is 9.10. The van der Waals surface area contributed by atoms with Gasteiger partial charge in [0, 0.05) is 31.5 Å². The molecule has 2 atom stereocenters. The van der Waals surface area contributed by atoms with E-state index in [1.165, 1.54) is 12.8 Å². The van der Waals surface area contributed by atoms with Gasteiger partial charge in [0.2, 0.25) is 0 Å². The SMILES string of the molecule is COC(C(N)Cc1ccccn1)C1CC1. The van der Waals surface area contributed by atoms with Gasteiger partial charge in [0.05, 0.1) is 6.10 Å². The van der Waals surface area contributed by atoms with Crippen LogP contribution >= 0.6 is 0 Å². The van der Waals surface area contributed by atoms with Crippen LogP contribution in [-0.4, -0.2) is 24.2 Å². The molecule has 0 spiro atoms. The second kappa shape index (κ2) is 4.73. The molecule has 0 aliphatic heterocycles. The molecule has 1 aromatic rings. The average molecular weight is 206 g/mol. The molecule has 0 bridgehead atoms. The molecule has 0 aromatic carbocycles. The van der Waals surface area contributed by atoms with Crippen molar-refractivity contribution in [2.45, 2.75) is 31.4 Å². The standard InChI is InChI=1S/C12H18N2O/c1-15-12(9-5-6-9)11(13)8-10-4-2-3-7-14-10/h2-4,7,9,11-12H,5-6,8,13H2,1H3. The summed E-state index contributed by atoms with van der Waals surface area (Å²) in [4.78, 5) is 4.28. The van der Waals surface area contributed by atoms with Gasteiger partial charge in [0.25, 0.3) is 0 Å². The highest BCUT2D eigenvalue weighted by molar-refractivity contribution is 5.06. The Morgan fingerprint density at radius 1 is 1.53 bits per heavy atom. The molecule has 3 heteroatoms. The second-order valence-electron chi connectivity index (χ2n) is 4.23. The minimum atomic E-state index is 0.0670. The topological polar surface area (TPSA) is 48.1 Å².